The first kappa shape index (κ1) is 13.7. The number of fused-ring (bicyclic) bond motifs is 1. The SMILES string of the molecule is COc1cc2ccc(Cl)cc2cc1C1(CN)CCCC1. The molecule has 0 atom stereocenters. The van der Waals surface area contributed by atoms with Crippen LogP contribution in [0.2, 0.25) is 5.02 Å². The summed E-state index contributed by atoms with van der Waals surface area (Å²) in [7, 11) is 1.74. The summed E-state index contributed by atoms with van der Waals surface area (Å²) in [5, 5.41) is 3.08. The summed E-state index contributed by atoms with van der Waals surface area (Å²) in [4.78, 5) is 0. The summed E-state index contributed by atoms with van der Waals surface area (Å²) in [6, 6.07) is 10.3. The van der Waals surface area contributed by atoms with Crippen LogP contribution >= 0.6 is 11.6 Å². The second kappa shape index (κ2) is 5.27. The Bertz CT molecular complexity index is 632. The highest BCUT2D eigenvalue weighted by atomic mass is 35.5. The number of hydrogen-bond donors (Lipinski definition) is 1. The first-order valence-electron chi connectivity index (χ1n) is 7.16. The minimum absolute atomic E-state index is 0.0713. The maximum atomic E-state index is 6.12. The molecule has 0 aromatic heterocycles. The van der Waals surface area contributed by atoms with Gasteiger partial charge in [-0.2, -0.15) is 0 Å². The van der Waals surface area contributed by atoms with E-state index in [-0.39, 0.29) is 5.41 Å². The standard InChI is InChI=1S/C17H20ClNO/c1-20-16-10-12-4-5-14(18)8-13(12)9-15(16)17(11-19)6-2-3-7-17/h4-5,8-10H,2-3,6-7,11,19H2,1H3. The van der Waals surface area contributed by atoms with Crippen LogP contribution in [-0.4, -0.2) is 13.7 Å². The molecule has 20 heavy (non-hydrogen) atoms. The Morgan fingerprint density at radius 2 is 1.90 bits per heavy atom. The van der Waals surface area contributed by atoms with Gasteiger partial charge in [0.1, 0.15) is 5.75 Å². The molecule has 1 saturated carbocycles. The van der Waals surface area contributed by atoms with Gasteiger partial charge >= 0.3 is 0 Å². The van der Waals surface area contributed by atoms with E-state index in [9.17, 15) is 0 Å². The van der Waals surface area contributed by atoms with Gasteiger partial charge in [0.05, 0.1) is 7.11 Å². The number of rotatable bonds is 3. The van der Waals surface area contributed by atoms with Crippen molar-refractivity contribution in [2.24, 2.45) is 5.73 Å². The van der Waals surface area contributed by atoms with Crippen molar-refractivity contribution >= 4 is 22.4 Å². The van der Waals surface area contributed by atoms with Crippen LogP contribution < -0.4 is 10.5 Å². The lowest BCUT2D eigenvalue weighted by Crippen LogP contribution is -2.32. The smallest absolute Gasteiger partial charge is 0.123 e. The second-order valence-electron chi connectivity index (χ2n) is 5.74. The normalized spacial score (nSPS) is 17.6. The van der Waals surface area contributed by atoms with Gasteiger partial charge in [-0.05, 0) is 47.9 Å². The Hall–Kier alpha value is -1.25. The highest BCUT2D eigenvalue weighted by molar-refractivity contribution is 6.31. The number of nitrogens with two attached hydrogens (primary N) is 1. The van der Waals surface area contributed by atoms with Crippen LogP contribution in [0.15, 0.2) is 30.3 Å². The molecule has 0 radical (unpaired) electrons. The van der Waals surface area contributed by atoms with Gasteiger partial charge in [0.25, 0.3) is 0 Å². The largest absolute Gasteiger partial charge is 0.496 e. The first-order chi connectivity index (χ1) is 9.68. The zero-order chi connectivity index (χ0) is 14.2. The van der Waals surface area contributed by atoms with Crippen LogP contribution in [0.3, 0.4) is 0 Å². The molecule has 0 bridgehead atoms. The fourth-order valence-corrected chi connectivity index (χ4v) is 3.65. The molecule has 0 saturated heterocycles. The molecule has 3 heteroatoms. The van der Waals surface area contributed by atoms with Crippen molar-refractivity contribution in [2.75, 3.05) is 13.7 Å². The van der Waals surface area contributed by atoms with Crippen LogP contribution in [0.25, 0.3) is 10.8 Å². The lowest BCUT2D eigenvalue weighted by Gasteiger charge is -2.30. The summed E-state index contributed by atoms with van der Waals surface area (Å²) < 4.78 is 5.63. The van der Waals surface area contributed by atoms with Crippen molar-refractivity contribution in [3.05, 3.63) is 40.9 Å². The average Bonchev–Trinajstić information content (AvgIpc) is 2.95. The molecule has 0 heterocycles. The second-order valence-corrected chi connectivity index (χ2v) is 6.17. The maximum absolute atomic E-state index is 6.12. The van der Waals surface area contributed by atoms with E-state index in [1.54, 1.807) is 7.11 Å². The van der Waals surface area contributed by atoms with E-state index >= 15 is 0 Å². The van der Waals surface area contributed by atoms with Gasteiger partial charge in [0.15, 0.2) is 0 Å². The fourth-order valence-electron chi connectivity index (χ4n) is 3.47. The van der Waals surface area contributed by atoms with Gasteiger partial charge in [-0.15, -0.1) is 0 Å². The fraction of sp³-hybridized carbons (Fsp3) is 0.412. The highest BCUT2D eigenvalue weighted by Crippen LogP contribution is 2.45. The zero-order valence-corrected chi connectivity index (χ0v) is 12.5. The molecule has 2 N–H and O–H groups in total. The predicted octanol–water partition coefficient (Wildman–Crippen LogP) is 4.27. The molecule has 1 aliphatic rings. The quantitative estimate of drug-likeness (QED) is 0.916. The van der Waals surface area contributed by atoms with E-state index in [0.29, 0.717) is 6.54 Å². The number of benzene rings is 2. The third kappa shape index (κ3) is 2.17. The van der Waals surface area contributed by atoms with Crippen LogP contribution in [0.5, 0.6) is 5.75 Å². The van der Waals surface area contributed by atoms with Gasteiger partial charge in [-0.25, -0.2) is 0 Å². The number of ether oxygens (including phenoxy) is 1. The van der Waals surface area contributed by atoms with E-state index in [2.05, 4.69) is 12.1 Å². The third-order valence-electron chi connectivity index (χ3n) is 4.64. The summed E-state index contributed by atoms with van der Waals surface area (Å²) >= 11 is 6.12. The Kier molecular flexibility index (Phi) is 3.61. The van der Waals surface area contributed by atoms with E-state index in [0.717, 1.165) is 34.4 Å². The van der Waals surface area contributed by atoms with Crippen LogP contribution in [0.1, 0.15) is 31.2 Å². The van der Waals surface area contributed by atoms with Gasteiger partial charge in [-0.3, -0.25) is 0 Å². The van der Waals surface area contributed by atoms with Gasteiger partial charge in [0, 0.05) is 22.5 Å². The molecular formula is C17H20ClNO. The summed E-state index contributed by atoms with van der Waals surface area (Å²) in [6.07, 6.45) is 4.78. The Balaban J connectivity index is 2.22. The lowest BCUT2D eigenvalue weighted by molar-refractivity contribution is 0.378. The molecule has 0 unspecified atom stereocenters. The molecule has 0 aliphatic heterocycles. The van der Waals surface area contributed by atoms with Crippen LogP contribution in [-0.2, 0) is 5.41 Å². The van der Waals surface area contributed by atoms with Gasteiger partial charge < -0.3 is 10.5 Å². The molecule has 2 nitrogen and oxygen atoms in total. The highest BCUT2D eigenvalue weighted by Gasteiger charge is 2.36. The third-order valence-corrected chi connectivity index (χ3v) is 4.88. The Morgan fingerprint density at radius 3 is 2.55 bits per heavy atom. The molecule has 0 spiro atoms. The molecule has 2 aromatic rings. The number of methoxy groups -OCH3 is 1. The topological polar surface area (TPSA) is 35.2 Å². The van der Waals surface area contributed by atoms with E-state index in [4.69, 9.17) is 22.1 Å². The van der Waals surface area contributed by atoms with Crippen LogP contribution in [0.4, 0.5) is 0 Å². The Labute approximate surface area is 124 Å². The molecule has 3 rings (SSSR count). The van der Waals surface area contributed by atoms with E-state index in [1.165, 1.54) is 18.4 Å². The van der Waals surface area contributed by atoms with E-state index in [1.807, 2.05) is 18.2 Å². The van der Waals surface area contributed by atoms with Crippen molar-refractivity contribution in [1.29, 1.82) is 0 Å². The van der Waals surface area contributed by atoms with Crippen molar-refractivity contribution in [3.63, 3.8) is 0 Å². The monoisotopic (exact) mass is 289 g/mol. The number of hydrogen-bond acceptors (Lipinski definition) is 2. The molecule has 1 fully saturated rings. The molecule has 0 amide bonds. The minimum Gasteiger partial charge on any atom is -0.496 e. The molecule has 1 aliphatic carbocycles. The summed E-state index contributed by atoms with van der Waals surface area (Å²) in [5.41, 5.74) is 7.43. The minimum atomic E-state index is 0.0713. The lowest BCUT2D eigenvalue weighted by atomic mass is 9.77. The summed E-state index contributed by atoms with van der Waals surface area (Å²) in [5.74, 6) is 0.951. The maximum Gasteiger partial charge on any atom is 0.123 e. The van der Waals surface area contributed by atoms with E-state index < -0.39 is 0 Å². The zero-order valence-electron chi connectivity index (χ0n) is 11.8. The molecule has 2 aromatic carbocycles. The van der Waals surface area contributed by atoms with Crippen LogP contribution in [0, 0.1) is 0 Å². The Morgan fingerprint density at radius 1 is 1.15 bits per heavy atom. The van der Waals surface area contributed by atoms with Crippen molar-refractivity contribution in [3.8, 4) is 5.75 Å². The molecule has 106 valence electrons. The van der Waals surface area contributed by atoms with Gasteiger partial charge in [0.2, 0.25) is 0 Å². The van der Waals surface area contributed by atoms with Gasteiger partial charge in [-0.1, -0.05) is 30.5 Å². The van der Waals surface area contributed by atoms with Crippen molar-refractivity contribution < 1.29 is 4.74 Å². The average molecular weight is 290 g/mol. The predicted molar refractivity (Wildman–Crippen MR) is 84.7 cm³/mol. The van der Waals surface area contributed by atoms with Crippen molar-refractivity contribution in [1.82, 2.24) is 0 Å². The summed E-state index contributed by atoms with van der Waals surface area (Å²) in [6.45, 7) is 0.676. The first-order valence-corrected chi connectivity index (χ1v) is 7.54. The number of halogens is 1. The van der Waals surface area contributed by atoms with Crippen molar-refractivity contribution in [2.45, 2.75) is 31.1 Å². The molecular weight excluding hydrogens is 270 g/mol.